The van der Waals surface area contributed by atoms with Gasteiger partial charge in [0, 0.05) is 18.2 Å². The zero-order chi connectivity index (χ0) is 23.4. The lowest BCUT2D eigenvalue weighted by molar-refractivity contribution is -0.146. The summed E-state index contributed by atoms with van der Waals surface area (Å²) in [5, 5.41) is 0. The zero-order valence-corrected chi connectivity index (χ0v) is 17.2. The number of amides is 1. The number of halogens is 5. The molecule has 0 aromatic heterocycles. The lowest BCUT2D eigenvalue weighted by Crippen LogP contribution is -2.40. The molecule has 0 saturated carbocycles. The van der Waals surface area contributed by atoms with Crippen LogP contribution in [0.4, 0.5) is 22.0 Å². The summed E-state index contributed by atoms with van der Waals surface area (Å²) in [5.74, 6) is -9.67. The fourth-order valence-electron chi connectivity index (χ4n) is 3.47. The summed E-state index contributed by atoms with van der Waals surface area (Å²) in [4.78, 5) is 24.2. The van der Waals surface area contributed by atoms with E-state index in [1.165, 1.54) is 0 Å². The minimum Gasteiger partial charge on any atom is -0.349 e. The van der Waals surface area contributed by atoms with Crippen LogP contribution in [0.5, 0.6) is 0 Å². The standard InChI is InChI=1S/C18H15F5NO7P/c1-7-15(20)8(17(22)18(23)16(7)21)5-28-32(27)29-6-12-11(31-32)3-14(30-12)24-4-9(19)10(25)2-13(24)26/h4,11-12,14H,2-3,5-6H2,1H3/t11-,12+,14+,32?/m0/s1. The maximum Gasteiger partial charge on any atom is 0.475 e. The van der Waals surface area contributed by atoms with Crippen molar-refractivity contribution in [2.24, 2.45) is 0 Å². The van der Waals surface area contributed by atoms with Gasteiger partial charge < -0.3 is 4.74 Å². The largest absolute Gasteiger partial charge is 0.475 e. The molecule has 1 aromatic carbocycles. The van der Waals surface area contributed by atoms with Crippen LogP contribution in [0.2, 0.25) is 0 Å². The molecule has 8 nitrogen and oxygen atoms in total. The molecule has 1 aromatic rings. The molecule has 32 heavy (non-hydrogen) atoms. The van der Waals surface area contributed by atoms with E-state index in [0.29, 0.717) is 6.20 Å². The normalized spacial score (nSPS) is 30.5. The Balaban J connectivity index is 1.45. The van der Waals surface area contributed by atoms with Crippen molar-refractivity contribution in [2.75, 3.05) is 6.61 Å². The molecule has 1 amide bonds. The van der Waals surface area contributed by atoms with E-state index < -0.39 is 91.2 Å². The summed E-state index contributed by atoms with van der Waals surface area (Å²) in [6, 6.07) is 0. The molecule has 0 bridgehead atoms. The van der Waals surface area contributed by atoms with Gasteiger partial charge in [-0.3, -0.25) is 28.1 Å². The second kappa shape index (κ2) is 8.31. The minimum absolute atomic E-state index is 0.0991. The summed E-state index contributed by atoms with van der Waals surface area (Å²) in [5.41, 5.74) is -1.79. The maximum absolute atomic E-state index is 14.1. The molecule has 3 heterocycles. The number of hydrogen-bond donors (Lipinski definition) is 0. The number of carbonyl (C=O) groups excluding carboxylic acids is 2. The molecule has 174 valence electrons. The maximum atomic E-state index is 14.1. The van der Waals surface area contributed by atoms with Gasteiger partial charge in [0.2, 0.25) is 11.7 Å². The summed E-state index contributed by atoms with van der Waals surface area (Å²) < 4.78 is 102. The van der Waals surface area contributed by atoms with Crippen molar-refractivity contribution in [3.8, 4) is 0 Å². The van der Waals surface area contributed by atoms with Crippen molar-refractivity contribution in [1.29, 1.82) is 0 Å². The van der Waals surface area contributed by atoms with Crippen LogP contribution in [0.15, 0.2) is 12.0 Å². The molecule has 0 radical (unpaired) electrons. The Kier molecular flexibility index (Phi) is 5.97. The fraction of sp³-hybridized carbons (Fsp3) is 0.444. The highest BCUT2D eigenvalue weighted by Gasteiger charge is 2.50. The molecule has 1 unspecified atom stereocenters. The Morgan fingerprint density at radius 2 is 1.81 bits per heavy atom. The van der Waals surface area contributed by atoms with Crippen LogP contribution >= 0.6 is 7.82 Å². The Bertz CT molecular complexity index is 1050. The molecule has 4 rings (SSSR count). The van der Waals surface area contributed by atoms with Crippen LogP contribution < -0.4 is 0 Å². The number of benzene rings is 1. The fourth-order valence-corrected chi connectivity index (χ4v) is 4.83. The van der Waals surface area contributed by atoms with Crippen LogP contribution in [-0.2, 0) is 39.1 Å². The van der Waals surface area contributed by atoms with Crippen molar-refractivity contribution < 1.29 is 54.4 Å². The van der Waals surface area contributed by atoms with Crippen LogP contribution in [0.1, 0.15) is 24.0 Å². The van der Waals surface area contributed by atoms with Crippen LogP contribution in [0, 0.1) is 30.2 Å². The highest BCUT2D eigenvalue weighted by atomic mass is 31.2. The summed E-state index contributed by atoms with van der Waals surface area (Å²) in [6.07, 6.45) is -2.94. The molecule has 2 saturated heterocycles. The van der Waals surface area contributed by atoms with Gasteiger partial charge in [-0.25, -0.2) is 26.5 Å². The topological polar surface area (TPSA) is 91.4 Å². The third-order valence-electron chi connectivity index (χ3n) is 5.21. The predicted octanol–water partition coefficient (Wildman–Crippen LogP) is 3.32. The number of phosphoric acid groups is 1. The number of Topliss-reactive ketones (excluding diaryl/α,β-unsaturated/α-hetero) is 1. The first kappa shape index (κ1) is 23.0. The second-order valence-corrected chi connectivity index (χ2v) is 8.88. The quantitative estimate of drug-likeness (QED) is 0.213. The molecule has 3 aliphatic heterocycles. The van der Waals surface area contributed by atoms with E-state index in [4.69, 9.17) is 18.3 Å². The first-order chi connectivity index (χ1) is 15.0. The molecular weight excluding hydrogens is 468 g/mol. The summed E-state index contributed by atoms with van der Waals surface area (Å²) >= 11 is 0. The molecule has 3 aliphatic rings. The van der Waals surface area contributed by atoms with Gasteiger partial charge in [0.05, 0.1) is 25.2 Å². The van der Waals surface area contributed by atoms with Gasteiger partial charge in [-0.1, -0.05) is 0 Å². The Hall–Kier alpha value is -2.18. The zero-order valence-electron chi connectivity index (χ0n) is 16.3. The third kappa shape index (κ3) is 3.99. The monoisotopic (exact) mass is 483 g/mol. The van der Waals surface area contributed by atoms with Crippen molar-refractivity contribution >= 4 is 19.5 Å². The number of hydrogen-bond acceptors (Lipinski definition) is 7. The number of ether oxygens (including phenoxy) is 1. The van der Waals surface area contributed by atoms with Crippen molar-refractivity contribution in [3.63, 3.8) is 0 Å². The lowest BCUT2D eigenvalue weighted by atomic mass is 10.1. The SMILES string of the molecule is Cc1c(F)c(F)c(F)c(COP2(=O)OC[C@H]3O[C@@H](N4C=C(F)C(=O)CC4=O)C[C@@H]3O2)c1F. The van der Waals surface area contributed by atoms with E-state index >= 15 is 0 Å². The average molecular weight is 483 g/mol. The number of rotatable bonds is 4. The number of carbonyl (C=O) groups is 2. The van der Waals surface area contributed by atoms with E-state index in [2.05, 4.69) is 0 Å². The molecule has 4 atom stereocenters. The number of allylic oxidation sites excluding steroid dienone is 1. The van der Waals surface area contributed by atoms with Gasteiger partial charge in [0.15, 0.2) is 23.3 Å². The smallest absolute Gasteiger partial charge is 0.349 e. The van der Waals surface area contributed by atoms with Crippen LogP contribution in [0.25, 0.3) is 0 Å². The van der Waals surface area contributed by atoms with Gasteiger partial charge in [0.25, 0.3) is 0 Å². The molecule has 0 N–H and O–H groups in total. The van der Waals surface area contributed by atoms with Crippen molar-refractivity contribution in [1.82, 2.24) is 4.90 Å². The summed E-state index contributed by atoms with van der Waals surface area (Å²) in [7, 11) is -4.41. The molecule has 14 heteroatoms. The number of nitrogens with zero attached hydrogens (tertiary/aromatic N) is 1. The van der Waals surface area contributed by atoms with E-state index in [1.54, 1.807) is 0 Å². The van der Waals surface area contributed by atoms with Gasteiger partial charge >= 0.3 is 7.82 Å². The van der Waals surface area contributed by atoms with Crippen molar-refractivity contribution in [2.45, 2.75) is 44.8 Å². The predicted molar refractivity (Wildman–Crippen MR) is 93.2 cm³/mol. The molecular formula is C18H15F5NO7P. The van der Waals surface area contributed by atoms with Crippen LogP contribution in [-0.4, -0.2) is 41.6 Å². The minimum atomic E-state index is -4.41. The van der Waals surface area contributed by atoms with E-state index in [0.717, 1.165) is 11.8 Å². The van der Waals surface area contributed by atoms with Gasteiger partial charge in [-0.15, -0.1) is 0 Å². The highest BCUT2D eigenvalue weighted by Crippen LogP contribution is 2.56. The first-order valence-electron chi connectivity index (χ1n) is 9.27. The highest BCUT2D eigenvalue weighted by molar-refractivity contribution is 7.48. The second-order valence-electron chi connectivity index (χ2n) is 7.26. The van der Waals surface area contributed by atoms with E-state index in [1.807, 2.05) is 0 Å². The number of fused-ring (bicyclic) bond motifs is 1. The van der Waals surface area contributed by atoms with Gasteiger partial charge in [-0.05, 0) is 6.92 Å². The van der Waals surface area contributed by atoms with Crippen LogP contribution in [0.3, 0.4) is 0 Å². The Morgan fingerprint density at radius 3 is 2.53 bits per heavy atom. The number of ketones is 1. The Morgan fingerprint density at radius 1 is 1.09 bits per heavy atom. The number of phosphoric ester groups is 1. The van der Waals surface area contributed by atoms with Gasteiger partial charge in [0.1, 0.15) is 24.3 Å². The first-order valence-corrected chi connectivity index (χ1v) is 10.7. The molecule has 2 fully saturated rings. The summed E-state index contributed by atoms with van der Waals surface area (Å²) in [6.45, 7) is -0.567. The van der Waals surface area contributed by atoms with E-state index in [9.17, 15) is 36.1 Å². The molecule has 0 spiro atoms. The third-order valence-corrected chi connectivity index (χ3v) is 6.65. The molecule has 0 aliphatic carbocycles. The van der Waals surface area contributed by atoms with Gasteiger partial charge in [-0.2, -0.15) is 0 Å². The lowest BCUT2D eigenvalue weighted by Gasteiger charge is -2.30. The average Bonchev–Trinajstić information content (AvgIpc) is 3.15. The Labute approximate surface area is 177 Å². The van der Waals surface area contributed by atoms with E-state index in [-0.39, 0.29) is 13.0 Å². The van der Waals surface area contributed by atoms with Crippen molar-refractivity contribution in [3.05, 3.63) is 46.4 Å².